The highest BCUT2D eigenvalue weighted by Crippen LogP contribution is 2.34. The summed E-state index contributed by atoms with van der Waals surface area (Å²) in [5.74, 6) is 0.145. The second-order valence-electron chi connectivity index (χ2n) is 10.5. The maximum absolute atomic E-state index is 11.5. The zero-order valence-corrected chi connectivity index (χ0v) is 23.8. The van der Waals surface area contributed by atoms with E-state index in [2.05, 4.69) is 27.6 Å². The number of benzene rings is 5. The lowest BCUT2D eigenvalue weighted by Gasteiger charge is -2.12. The third kappa shape index (κ3) is 4.28. The zero-order chi connectivity index (χ0) is 29.8. The summed E-state index contributed by atoms with van der Waals surface area (Å²) in [6.45, 7) is 0. The van der Waals surface area contributed by atoms with E-state index in [-0.39, 0.29) is 0 Å². The molecule has 8 nitrogen and oxygen atoms in total. The van der Waals surface area contributed by atoms with Gasteiger partial charge in [-0.05, 0) is 42.5 Å². The summed E-state index contributed by atoms with van der Waals surface area (Å²) in [6.07, 6.45) is 0. The Kier molecular flexibility index (Phi) is 5.95. The molecule has 3 N–H and O–H groups in total. The molecular formula is C35H22ClN7O. The van der Waals surface area contributed by atoms with E-state index >= 15 is 0 Å². The van der Waals surface area contributed by atoms with E-state index < -0.39 is 5.91 Å². The van der Waals surface area contributed by atoms with Crippen LogP contribution in [0.3, 0.4) is 0 Å². The molecule has 3 aromatic heterocycles. The van der Waals surface area contributed by atoms with Crippen molar-refractivity contribution in [1.82, 2.24) is 24.8 Å². The number of nitrogens with one attached hydrogen (secondary N) is 1. The smallest absolute Gasteiger partial charge is 0.248 e. The summed E-state index contributed by atoms with van der Waals surface area (Å²) >= 11 is 6.18. The number of aromatic nitrogens is 5. The number of hydrogen-bond donors (Lipinski definition) is 2. The molecule has 0 aliphatic carbocycles. The van der Waals surface area contributed by atoms with Gasteiger partial charge in [0.15, 0.2) is 11.5 Å². The second-order valence-corrected chi connectivity index (χ2v) is 10.9. The van der Waals surface area contributed by atoms with Gasteiger partial charge in [-0.1, -0.05) is 84.4 Å². The van der Waals surface area contributed by atoms with Crippen LogP contribution in [0.15, 0.2) is 115 Å². The van der Waals surface area contributed by atoms with Crippen molar-refractivity contribution in [1.29, 1.82) is 0 Å². The SMILES string of the molecule is NC(=O)c1ccc(-c2nnc(Nc3ccc4nc5c6ccccc6c(-c6ccc(Cl)cc6)nn5c4c3)c3ccccc23)cc1. The topological polar surface area (TPSA) is 111 Å². The zero-order valence-electron chi connectivity index (χ0n) is 23.1. The highest BCUT2D eigenvalue weighted by molar-refractivity contribution is 6.30. The molecule has 210 valence electrons. The lowest BCUT2D eigenvalue weighted by molar-refractivity contribution is 0.100. The molecule has 0 saturated carbocycles. The number of carbonyl (C=O) groups excluding carboxylic acids is 1. The van der Waals surface area contributed by atoms with Gasteiger partial charge in [-0.15, -0.1) is 10.2 Å². The minimum absolute atomic E-state index is 0.440. The molecule has 8 aromatic rings. The van der Waals surface area contributed by atoms with Gasteiger partial charge in [0.2, 0.25) is 5.91 Å². The molecule has 0 unspecified atom stereocenters. The fourth-order valence-electron chi connectivity index (χ4n) is 5.61. The predicted octanol–water partition coefficient (Wildman–Crippen LogP) is 7.81. The molecule has 1 amide bonds. The monoisotopic (exact) mass is 591 g/mol. The molecule has 44 heavy (non-hydrogen) atoms. The number of anilines is 2. The van der Waals surface area contributed by atoms with Crippen molar-refractivity contribution in [3.8, 4) is 22.5 Å². The van der Waals surface area contributed by atoms with Crippen molar-refractivity contribution in [2.45, 2.75) is 0 Å². The maximum Gasteiger partial charge on any atom is 0.248 e. The van der Waals surface area contributed by atoms with Crippen LogP contribution in [-0.2, 0) is 0 Å². The Morgan fingerprint density at radius 2 is 1.34 bits per heavy atom. The molecular weight excluding hydrogens is 570 g/mol. The van der Waals surface area contributed by atoms with E-state index in [1.807, 2.05) is 95.5 Å². The van der Waals surface area contributed by atoms with Gasteiger partial charge in [-0.3, -0.25) is 4.79 Å². The molecule has 0 saturated heterocycles. The van der Waals surface area contributed by atoms with Crippen molar-refractivity contribution in [2.75, 3.05) is 5.32 Å². The molecule has 0 bridgehead atoms. The number of fused-ring (bicyclic) bond motifs is 6. The van der Waals surface area contributed by atoms with E-state index in [9.17, 15) is 4.79 Å². The highest BCUT2D eigenvalue weighted by Gasteiger charge is 2.16. The first-order valence-electron chi connectivity index (χ1n) is 13.9. The minimum atomic E-state index is -0.473. The molecule has 9 heteroatoms. The van der Waals surface area contributed by atoms with Gasteiger partial charge in [0.05, 0.1) is 16.7 Å². The summed E-state index contributed by atoms with van der Waals surface area (Å²) < 4.78 is 1.90. The first kappa shape index (κ1) is 25.8. The van der Waals surface area contributed by atoms with Crippen molar-refractivity contribution in [2.24, 2.45) is 5.73 Å². The van der Waals surface area contributed by atoms with Gasteiger partial charge in [-0.25, -0.2) is 9.50 Å². The number of rotatable bonds is 5. The van der Waals surface area contributed by atoms with Crippen molar-refractivity contribution >= 4 is 67.2 Å². The van der Waals surface area contributed by atoms with E-state index in [4.69, 9.17) is 27.4 Å². The van der Waals surface area contributed by atoms with Gasteiger partial charge < -0.3 is 11.1 Å². The Morgan fingerprint density at radius 1 is 0.705 bits per heavy atom. The fourth-order valence-corrected chi connectivity index (χ4v) is 5.74. The van der Waals surface area contributed by atoms with Crippen molar-refractivity contribution in [3.05, 3.63) is 126 Å². The van der Waals surface area contributed by atoms with Gasteiger partial charge in [0.25, 0.3) is 0 Å². The maximum atomic E-state index is 11.5. The number of amides is 1. The highest BCUT2D eigenvalue weighted by atomic mass is 35.5. The predicted molar refractivity (Wildman–Crippen MR) is 175 cm³/mol. The summed E-state index contributed by atoms with van der Waals surface area (Å²) in [5.41, 5.74) is 12.5. The average molecular weight is 592 g/mol. The first-order valence-corrected chi connectivity index (χ1v) is 14.3. The van der Waals surface area contributed by atoms with Gasteiger partial charge in [0.1, 0.15) is 5.69 Å². The molecule has 5 aromatic carbocycles. The lowest BCUT2D eigenvalue weighted by Crippen LogP contribution is -2.10. The number of carbonyl (C=O) groups is 1. The summed E-state index contributed by atoms with van der Waals surface area (Å²) in [5, 5.41) is 22.2. The number of primary amides is 1. The van der Waals surface area contributed by atoms with Crippen LogP contribution in [0.4, 0.5) is 11.5 Å². The first-order chi connectivity index (χ1) is 21.5. The van der Waals surface area contributed by atoms with E-state index in [1.54, 1.807) is 12.1 Å². The van der Waals surface area contributed by atoms with Crippen molar-refractivity contribution < 1.29 is 4.79 Å². The van der Waals surface area contributed by atoms with Crippen LogP contribution < -0.4 is 11.1 Å². The summed E-state index contributed by atoms with van der Waals surface area (Å²) in [7, 11) is 0. The van der Waals surface area contributed by atoms with Crippen LogP contribution >= 0.6 is 11.6 Å². The van der Waals surface area contributed by atoms with Crippen LogP contribution in [0, 0.1) is 0 Å². The molecule has 0 aliphatic rings. The normalized spacial score (nSPS) is 11.5. The Bertz CT molecular complexity index is 2400. The number of nitrogens with zero attached hydrogens (tertiary/aromatic N) is 5. The van der Waals surface area contributed by atoms with Gasteiger partial charge >= 0.3 is 0 Å². The molecule has 0 atom stereocenters. The van der Waals surface area contributed by atoms with Crippen LogP contribution in [0.25, 0.3) is 60.7 Å². The number of nitrogens with two attached hydrogens (primary N) is 1. The second kappa shape index (κ2) is 10.1. The van der Waals surface area contributed by atoms with Crippen LogP contribution in [0.2, 0.25) is 5.02 Å². The third-order valence-corrected chi connectivity index (χ3v) is 8.02. The number of halogens is 1. The van der Waals surface area contributed by atoms with Crippen molar-refractivity contribution in [3.63, 3.8) is 0 Å². The van der Waals surface area contributed by atoms with Crippen LogP contribution in [0.1, 0.15) is 10.4 Å². The molecule has 0 fully saturated rings. The Morgan fingerprint density at radius 3 is 2.07 bits per heavy atom. The van der Waals surface area contributed by atoms with Gasteiger partial charge in [-0.2, -0.15) is 5.10 Å². The number of imidazole rings is 1. The molecule has 8 rings (SSSR count). The average Bonchev–Trinajstić information content (AvgIpc) is 3.43. The quantitative estimate of drug-likeness (QED) is 0.211. The molecule has 3 heterocycles. The Balaban J connectivity index is 1.24. The standard InChI is InChI=1S/C35H22ClN7O/c36-23-15-13-21(14-16-23)32-26-6-2-4-8-28(26)35-39-29-18-17-24(19-30(29)43(35)42-32)38-34-27-7-3-1-5-25(27)31(40-41-34)20-9-11-22(12-10-20)33(37)44/h1-19H,(H2,37,44)(H,38,41). The largest absolute Gasteiger partial charge is 0.366 e. The molecule has 0 spiro atoms. The van der Waals surface area contributed by atoms with E-state index in [1.165, 1.54) is 0 Å². The Hall–Kier alpha value is -5.86. The summed E-state index contributed by atoms with van der Waals surface area (Å²) in [6, 6.07) is 36.9. The lowest BCUT2D eigenvalue weighted by atomic mass is 10.0. The minimum Gasteiger partial charge on any atom is -0.366 e. The third-order valence-electron chi connectivity index (χ3n) is 7.76. The van der Waals surface area contributed by atoms with Crippen LogP contribution in [0.5, 0.6) is 0 Å². The van der Waals surface area contributed by atoms with E-state index in [0.29, 0.717) is 22.1 Å². The molecule has 0 radical (unpaired) electrons. The fraction of sp³-hybridized carbons (Fsp3) is 0. The van der Waals surface area contributed by atoms with E-state index in [0.717, 1.165) is 60.7 Å². The molecule has 0 aliphatic heterocycles. The summed E-state index contributed by atoms with van der Waals surface area (Å²) in [4.78, 5) is 16.5. The number of hydrogen-bond acceptors (Lipinski definition) is 6. The Labute approximate surface area is 255 Å². The van der Waals surface area contributed by atoms with Crippen LogP contribution in [-0.4, -0.2) is 30.7 Å². The van der Waals surface area contributed by atoms with Gasteiger partial charge in [0, 0.05) is 48.9 Å².